The maximum absolute atomic E-state index is 12.0. The fraction of sp³-hybridized carbons (Fsp3) is 0.250. The number of hydrogen-bond acceptors (Lipinski definition) is 6. The summed E-state index contributed by atoms with van der Waals surface area (Å²) in [6, 6.07) is 9.91. The van der Waals surface area contributed by atoms with Gasteiger partial charge in [0, 0.05) is 18.2 Å². The second-order valence-corrected chi connectivity index (χ2v) is 6.90. The van der Waals surface area contributed by atoms with Gasteiger partial charge in [0.25, 0.3) is 0 Å². The Morgan fingerprint density at radius 1 is 1.04 bits per heavy atom. The Hall–Kier alpha value is -2.80. The maximum Gasteiger partial charge on any atom is 0.337 e. The van der Waals surface area contributed by atoms with Gasteiger partial charge in [0.1, 0.15) is 5.75 Å². The number of benzene rings is 2. The summed E-state index contributed by atoms with van der Waals surface area (Å²) < 4.78 is 10.0. The van der Waals surface area contributed by atoms with Crippen molar-refractivity contribution in [3.63, 3.8) is 0 Å². The molecule has 2 aromatic carbocycles. The molecular formula is C20H20O6S. The number of thioether (sulfide) groups is 1. The van der Waals surface area contributed by atoms with Gasteiger partial charge in [-0.05, 0) is 41.8 Å². The van der Waals surface area contributed by atoms with Crippen LogP contribution in [0.15, 0.2) is 36.4 Å². The van der Waals surface area contributed by atoms with Crippen molar-refractivity contribution in [3.05, 3.63) is 53.1 Å². The van der Waals surface area contributed by atoms with Crippen LogP contribution in [0.4, 0.5) is 0 Å². The van der Waals surface area contributed by atoms with E-state index in [1.54, 1.807) is 36.4 Å². The number of methoxy groups -OCH3 is 2. The highest BCUT2D eigenvalue weighted by atomic mass is 32.2. The first-order valence-corrected chi connectivity index (χ1v) is 9.12. The lowest BCUT2D eigenvalue weighted by atomic mass is 9.93. The van der Waals surface area contributed by atoms with Gasteiger partial charge in [-0.2, -0.15) is 0 Å². The molecule has 142 valence electrons. The fourth-order valence-corrected chi connectivity index (χ4v) is 3.35. The maximum atomic E-state index is 12.0. The number of carbonyl (C=O) groups excluding carboxylic acids is 2. The van der Waals surface area contributed by atoms with E-state index in [4.69, 9.17) is 4.74 Å². The van der Waals surface area contributed by atoms with Crippen LogP contribution < -0.4 is 4.74 Å². The van der Waals surface area contributed by atoms with E-state index in [0.717, 1.165) is 11.8 Å². The van der Waals surface area contributed by atoms with Crippen LogP contribution >= 0.6 is 11.8 Å². The van der Waals surface area contributed by atoms with Crippen molar-refractivity contribution < 1.29 is 29.0 Å². The van der Waals surface area contributed by atoms with Gasteiger partial charge in [0.2, 0.25) is 0 Å². The van der Waals surface area contributed by atoms with Crippen LogP contribution in [0, 0.1) is 0 Å². The molecule has 0 saturated heterocycles. The van der Waals surface area contributed by atoms with Gasteiger partial charge in [0.05, 0.1) is 25.3 Å². The van der Waals surface area contributed by atoms with E-state index in [9.17, 15) is 19.5 Å². The molecule has 0 aliphatic rings. The Bertz CT molecular complexity index is 858. The second-order valence-electron chi connectivity index (χ2n) is 5.63. The van der Waals surface area contributed by atoms with Gasteiger partial charge < -0.3 is 14.6 Å². The van der Waals surface area contributed by atoms with Gasteiger partial charge in [-0.25, -0.2) is 9.59 Å². The molecule has 0 aromatic heterocycles. The standard InChI is InChI=1S/C20H20O6S/c1-12(21)27-11-10-16-17(25-2)9-8-15(18(16)19(22)23)13-4-6-14(7-5-13)20(24)26-3/h4-9H,10-11H2,1-3H3,(H,22,23). The van der Waals surface area contributed by atoms with Crippen LogP contribution in [0.2, 0.25) is 0 Å². The molecule has 1 N–H and O–H groups in total. The summed E-state index contributed by atoms with van der Waals surface area (Å²) >= 11 is 1.14. The summed E-state index contributed by atoms with van der Waals surface area (Å²) in [6.45, 7) is 1.47. The van der Waals surface area contributed by atoms with Crippen LogP contribution in [-0.2, 0) is 16.0 Å². The zero-order valence-electron chi connectivity index (χ0n) is 15.3. The van der Waals surface area contributed by atoms with E-state index in [0.29, 0.717) is 40.2 Å². The molecule has 0 atom stereocenters. The van der Waals surface area contributed by atoms with Crippen molar-refractivity contribution in [3.8, 4) is 16.9 Å². The van der Waals surface area contributed by atoms with E-state index < -0.39 is 11.9 Å². The number of carboxylic acid groups (broad SMARTS) is 1. The average molecular weight is 388 g/mol. The van der Waals surface area contributed by atoms with Crippen molar-refractivity contribution in [1.82, 2.24) is 0 Å². The lowest BCUT2D eigenvalue weighted by molar-refractivity contribution is -0.109. The summed E-state index contributed by atoms with van der Waals surface area (Å²) in [4.78, 5) is 34.8. The minimum Gasteiger partial charge on any atom is -0.496 e. The van der Waals surface area contributed by atoms with Gasteiger partial charge in [-0.3, -0.25) is 4.79 Å². The zero-order chi connectivity index (χ0) is 20.0. The lowest BCUT2D eigenvalue weighted by Crippen LogP contribution is -2.09. The van der Waals surface area contributed by atoms with Gasteiger partial charge in [-0.1, -0.05) is 23.9 Å². The van der Waals surface area contributed by atoms with Crippen molar-refractivity contribution in [2.75, 3.05) is 20.0 Å². The molecule has 0 bridgehead atoms. The molecule has 0 unspecified atom stereocenters. The SMILES string of the molecule is COC(=O)c1ccc(-c2ccc(OC)c(CCSC(C)=O)c2C(=O)O)cc1. The fourth-order valence-electron chi connectivity index (χ4n) is 2.75. The molecule has 0 aliphatic carbocycles. The molecule has 7 heteroatoms. The number of ether oxygens (including phenoxy) is 2. The smallest absolute Gasteiger partial charge is 0.337 e. The number of rotatable bonds is 7. The minimum absolute atomic E-state index is 0.0274. The van der Waals surface area contributed by atoms with E-state index in [-0.39, 0.29) is 10.7 Å². The molecule has 27 heavy (non-hydrogen) atoms. The third-order valence-corrected chi connectivity index (χ3v) is 4.79. The molecular weight excluding hydrogens is 368 g/mol. The van der Waals surface area contributed by atoms with Gasteiger partial charge in [-0.15, -0.1) is 0 Å². The molecule has 0 saturated carbocycles. The first kappa shape index (κ1) is 20.5. The minimum atomic E-state index is -1.08. The molecule has 0 heterocycles. The van der Waals surface area contributed by atoms with Crippen LogP contribution in [0.5, 0.6) is 5.75 Å². The normalized spacial score (nSPS) is 10.3. The van der Waals surface area contributed by atoms with Crippen molar-refractivity contribution in [1.29, 1.82) is 0 Å². The number of aromatic carboxylic acids is 1. The summed E-state index contributed by atoms with van der Waals surface area (Å²) in [7, 11) is 2.78. The Labute approximate surface area is 161 Å². The predicted octanol–water partition coefficient (Wildman–Crippen LogP) is 3.67. The van der Waals surface area contributed by atoms with Crippen molar-refractivity contribution in [2.45, 2.75) is 13.3 Å². The quantitative estimate of drug-likeness (QED) is 0.724. The Morgan fingerprint density at radius 3 is 2.22 bits per heavy atom. The lowest BCUT2D eigenvalue weighted by Gasteiger charge is -2.16. The first-order chi connectivity index (χ1) is 12.9. The van der Waals surface area contributed by atoms with Crippen LogP contribution in [0.1, 0.15) is 33.2 Å². The predicted molar refractivity (Wildman–Crippen MR) is 104 cm³/mol. The molecule has 0 radical (unpaired) electrons. The summed E-state index contributed by atoms with van der Waals surface area (Å²) in [5.74, 6) is -0.622. The highest BCUT2D eigenvalue weighted by Gasteiger charge is 2.21. The van der Waals surface area contributed by atoms with Gasteiger partial charge >= 0.3 is 11.9 Å². The highest BCUT2D eigenvalue weighted by Crippen LogP contribution is 2.33. The molecule has 0 spiro atoms. The molecule has 0 aliphatic heterocycles. The summed E-state index contributed by atoms with van der Waals surface area (Å²) in [5, 5.41) is 9.79. The molecule has 6 nitrogen and oxygen atoms in total. The number of carbonyl (C=O) groups is 3. The monoisotopic (exact) mass is 388 g/mol. The van der Waals surface area contributed by atoms with E-state index in [1.165, 1.54) is 21.1 Å². The topological polar surface area (TPSA) is 89.9 Å². The summed E-state index contributed by atoms with van der Waals surface area (Å²) in [5.41, 5.74) is 2.22. The van der Waals surface area contributed by atoms with E-state index in [2.05, 4.69) is 4.74 Å². The first-order valence-electron chi connectivity index (χ1n) is 8.14. The van der Waals surface area contributed by atoms with Crippen LogP contribution in [0.3, 0.4) is 0 Å². The van der Waals surface area contributed by atoms with E-state index in [1.807, 2.05) is 0 Å². The molecule has 0 amide bonds. The Morgan fingerprint density at radius 2 is 1.70 bits per heavy atom. The van der Waals surface area contributed by atoms with Gasteiger partial charge in [0.15, 0.2) is 5.12 Å². The Kier molecular flexibility index (Phi) is 7.01. The van der Waals surface area contributed by atoms with Crippen LogP contribution in [-0.4, -0.2) is 42.1 Å². The largest absolute Gasteiger partial charge is 0.496 e. The third kappa shape index (κ3) is 4.89. The summed E-state index contributed by atoms with van der Waals surface area (Å²) in [6.07, 6.45) is 0.378. The van der Waals surface area contributed by atoms with Crippen molar-refractivity contribution >= 4 is 28.8 Å². The number of hydrogen-bond donors (Lipinski definition) is 1. The number of carboxylic acids is 1. The second kappa shape index (κ2) is 9.23. The highest BCUT2D eigenvalue weighted by molar-refractivity contribution is 8.13. The molecule has 2 aromatic rings. The Balaban J connectivity index is 2.51. The zero-order valence-corrected chi connectivity index (χ0v) is 16.1. The molecule has 2 rings (SSSR count). The third-order valence-electron chi connectivity index (χ3n) is 3.98. The average Bonchev–Trinajstić information content (AvgIpc) is 2.66. The van der Waals surface area contributed by atoms with Crippen LogP contribution in [0.25, 0.3) is 11.1 Å². The van der Waals surface area contributed by atoms with E-state index >= 15 is 0 Å². The molecule has 0 fully saturated rings. The number of esters is 1. The van der Waals surface area contributed by atoms with Crippen molar-refractivity contribution in [2.24, 2.45) is 0 Å².